The molecular formula is C20H38IN5O2. The first kappa shape index (κ1) is 23.7. The van der Waals surface area contributed by atoms with E-state index in [1.165, 1.54) is 32.1 Å². The highest BCUT2D eigenvalue weighted by Crippen LogP contribution is 2.23. The quantitative estimate of drug-likeness (QED) is 0.349. The van der Waals surface area contributed by atoms with Crippen molar-refractivity contribution in [3.05, 3.63) is 0 Å². The van der Waals surface area contributed by atoms with Crippen molar-refractivity contribution in [3.63, 3.8) is 0 Å². The molecule has 1 N–H and O–H groups in total. The molecule has 162 valence electrons. The maximum absolute atomic E-state index is 12.0. The molecule has 3 rings (SSSR count). The third kappa shape index (κ3) is 7.02. The van der Waals surface area contributed by atoms with Crippen LogP contribution in [0.2, 0.25) is 0 Å². The number of aliphatic imine (C=N–C) groups is 1. The average molecular weight is 507 g/mol. The molecule has 1 saturated carbocycles. The molecule has 7 nitrogen and oxygen atoms in total. The van der Waals surface area contributed by atoms with Crippen LogP contribution in [0, 0.1) is 0 Å². The molecule has 28 heavy (non-hydrogen) atoms. The van der Waals surface area contributed by atoms with E-state index in [4.69, 9.17) is 4.74 Å². The van der Waals surface area contributed by atoms with Gasteiger partial charge in [0.25, 0.3) is 0 Å². The second kappa shape index (κ2) is 12.2. The molecule has 1 atom stereocenters. The monoisotopic (exact) mass is 507 g/mol. The van der Waals surface area contributed by atoms with Crippen LogP contribution in [0.5, 0.6) is 0 Å². The number of amides is 1. The van der Waals surface area contributed by atoms with E-state index < -0.39 is 0 Å². The summed E-state index contributed by atoms with van der Waals surface area (Å²) in [6.45, 7) is 5.97. The number of carbonyl (C=O) groups excluding carboxylic acids is 1. The van der Waals surface area contributed by atoms with Crippen molar-refractivity contribution in [1.82, 2.24) is 20.0 Å². The summed E-state index contributed by atoms with van der Waals surface area (Å²) in [6.07, 6.45) is 9.39. The van der Waals surface area contributed by atoms with Gasteiger partial charge in [-0.05, 0) is 25.7 Å². The molecule has 1 amide bonds. The maximum Gasteiger partial charge on any atom is 0.243 e. The van der Waals surface area contributed by atoms with E-state index in [1.807, 2.05) is 0 Å². The Bertz CT molecular complexity index is 497. The molecule has 0 radical (unpaired) electrons. The van der Waals surface area contributed by atoms with E-state index in [2.05, 4.69) is 20.1 Å². The zero-order chi connectivity index (χ0) is 19.1. The number of ether oxygens (including phenoxy) is 1. The molecule has 8 heteroatoms. The number of piperazine rings is 1. The van der Waals surface area contributed by atoms with E-state index in [0.717, 1.165) is 64.2 Å². The molecular weight excluding hydrogens is 469 g/mol. The second-order valence-corrected chi connectivity index (χ2v) is 8.26. The average Bonchev–Trinajstić information content (AvgIpc) is 3.22. The van der Waals surface area contributed by atoms with Crippen molar-refractivity contribution >= 4 is 35.8 Å². The van der Waals surface area contributed by atoms with Crippen molar-refractivity contribution < 1.29 is 9.53 Å². The molecule has 0 spiro atoms. The van der Waals surface area contributed by atoms with Gasteiger partial charge in [0.15, 0.2) is 5.96 Å². The third-order valence-electron chi connectivity index (χ3n) is 6.08. The van der Waals surface area contributed by atoms with Crippen LogP contribution >= 0.6 is 24.0 Å². The van der Waals surface area contributed by atoms with Crippen LogP contribution in [0.3, 0.4) is 0 Å². The molecule has 0 bridgehead atoms. The summed E-state index contributed by atoms with van der Waals surface area (Å²) in [4.78, 5) is 23.2. The van der Waals surface area contributed by atoms with Crippen LogP contribution in [0.25, 0.3) is 0 Å². The Morgan fingerprint density at radius 2 is 1.79 bits per heavy atom. The minimum Gasteiger partial charge on any atom is -0.376 e. The molecule has 2 saturated heterocycles. The minimum absolute atomic E-state index is 0. The summed E-state index contributed by atoms with van der Waals surface area (Å²) in [7, 11) is 3.56. The van der Waals surface area contributed by atoms with Crippen molar-refractivity contribution in [2.75, 3.05) is 60.0 Å². The fraction of sp³-hybridized carbons (Fsp3) is 0.900. The Labute approximate surface area is 187 Å². The van der Waals surface area contributed by atoms with E-state index in [0.29, 0.717) is 0 Å². The van der Waals surface area contributed by atoms with Gasteiger partial charge in [-0.1, -0.05) is 19.3 Å². The SMILES string of the molecule is CN(C)C(=O)CN=C(NCC1CCCO1)N1CCN(C2CCCCC2)CC1.I. The zero-order valence-corrected chi connectivity index (χ0v) is 19.9. The largest absolute Gasteiger partial charge is 0.376 e. The molecule has 1 aliphatic carbocycles. The minimum atomic E-state index is 0. The smallest absolute Gasteiger partial charge is 0.243 e. The third-order valence-corrected chi connectivity index (χ3v) is 6.08. The topological polar surface area (TPSA) is 60.4 Å². The Balaban J connectivity index is 0.00000280. The maximum atomic E-state index is 12.0. The summed E-state index contributed by atoms with van der Waals surface area (Å²) in [6, 6.07) is 0.774. The van der Waals surface area contributed by atoms with Gasteiger partial charge in [0, 0.05) is 59.5 Å². The summed E-state index contributed by atoms with van der Waals surface area (Å²) in [5, 5.41) is 3.48. The van der Waals surface area contributed by atoms with Gasteiger partial charge in [-0.3, -0.25) is 9.69 Å². The number of nitrogens with one attached hydrogen (secondary N) is 1. The Kier molecular flexibility index (Phi) is 10.3. The highest BCUT2D eigenvalue weighted by Gasteiger charge is 2.27. The number of likely N-dealkylation sites (N-methyl/N-ethyl adjacent to an activating group) is 1. The zero-order valence-electron chi connectivity index (χ0n) is 17.6. The molecule has 0 aromatic rings. The predicted molar refractivity (Wildman–Crippen MR) is 123 cm³/mol. The normalized spacial score (nSPS) is 24.7. The van der Waals surface area contributed by atoms with Crippen molar-refractivity contribution in [3.8, 4) is 0 Å². The fourth-order valence-corrected chi connectivity index (χ4v) is 4.31. The van der Waals surface area contributed by atoms with E-state index in [9.17, 15) is 4.79 Å². The molecule has 0 aromatic heterocycles. The summed E-state index contributed by atoms with van der Waals surface area (Å²) >= 11 is 0. The molecule has 3 aliphatic rings. The Morgan fingerprint density at radius 1 is 1.07 bits per heavy atom. The number of nitrogens with zero attached hydrogens (tertiary/aromatic N) is 4. The van der Waals surface area contributed by atoms with Gasteiger partial charge in [-0.2, -0.15) is 0 Å². The number of guanidine groups is 1. The molecule has 2 heterocycles. The van der Waals surface area contributed by atoms with Gasteiger partial charge in [0.2, 0.25) is 5.91 Å². The van der Waals surface area contributed by atoms with Crippen LogP contribution in [-0.2, 0) is 9.53 Å². The lowest BCUT2D eigenvalue weighted by Gasteiger charge is -2.41. The van der Waals surface area contributed by atoms with Crippen LogP contribution in [-0.4, -0.2) is 98.7 Å². The van der Waals surface area contributed by atoms with Gasteiger partial charge < -0.3 is 19.9 Å². The lowest BCUT2D eigenvalue weighted by Crippen LogP contribution is -2.55. The van der Waals surface area contributed by atoms with Crippen molar-refractivity contribution in [2.45, 2.75) is 57.1 Å². The van der Waals surface area contributed by atoms with Crippen LogP contribution in [0.4, 0.5) is 0 Å². The Morgan fingerprint density at radius 3 is 2.39 bits per heavy atom. The van der Waals surface area contributed by atoms with Gasteiger partial charge in [0.05, 0.1) is 6.10 Å². The van der Waals surface area contributed by atoms with Crippen molar-refractivity contribution in [1.29, 1.82) is 0 Å². The van der Waals surface area contributed by atoms with Crippen LogP contribution in [0.15, 0.2) is 4.99 Å². The number of halogens is 1. The molecule has 0 aromatic carbocycles. The van der Waals surface area contributed by atoms with Gasteiger partial charge in [-0.25, -0.2) is 4.99 Å². The Hall–Kier alpha value is -0.610. The van der Waals surface area contributed by atoms with Gasteiger partial charge in [-0.15, -0.1) is 24.0 Å². The first-order valence-electron chi connectivity index (χ1n) is 10.7. The number of hydrogen-bond donors (Lipinski definition) is 1. The molecule has 2 aliphatic heterocycles. The highest BCUT2D eigenvalue weighted by atomic mass is 127. The number of hydrogen-bond acceptors (Lipinski definition) is 4. The number of carbonyl (C=O) groups is 1. The first-order valence-corrected chi connectivity index (χ1v) is 10.7. The van der Waals surface area contributed by atoms with Gasteiger partial charge in [0.1, 0.15) is 6.54 Å². The summed E-state index contributed by atoms with van der Waals surface area (Å²) < 4.78 is 5.73. The second-order valence-electron chi connectivity index (χ2n) is 8.26. The van der Waals surface area contributed by atoms with E-state index >= 15 is 0 Å². The lowest BCUT2D eigenvalue weighted by molar-refractivity contribution is -0.127. The molecule has 3 fully saturated rings. The summed E-state index contributed by atoms with van der Waals surface area (Å²) in [5.74, 6) is 0.899. The van der Waals surface area contributed by atoms with E-state index in [1.54, 1.807) is 19.0 Å². The summed E-state index contributed by atoms with van der Waals surface area (Å²) in [5.41, 5.74) is 0. The van der Waals surface area contributed by atoms with Crippen LogP contribution in [0.1, 0.15) is 44.9 Å². The van der Waals surface area contributed by atoms with Crippen molar-refractivity contribution in [2.24, 2.45) is 4.99 Å². The lowest BCUT2D eigenvalue weighted by atomic mass is 9.94. The predicted octanol–water partition coefficient (Wildman–Crippen LogP) is 1.77. The fourth-order valence-electron chi connectivity index (χ4n) is 4.31. The van der Waals surface area contributed by atoms with Crippen LogP contribution < -0.4 is 5.32 Å². The van der Waals surface area contributed by atoms with Gasteiger partial charge >= 0.3 is 0 Å². The number of rotatable bonds is 5. The highest BCUT2D eigenvalue weighted by molar-refractivity contribution is 14.0. The van der Waals surface area contributed by atoms with E-state index in [-0.39, 0.29) is 42.5 Å². The first-order chi connectivity index (χ1) is 13.1. The standard InChI is InChI=1S/C20H37N5O2.HI/c1-23(2)19(26)16-22-20(21-15-18-9-6-14-27-18)25-12-10-24(11-13-25)17-7-4-3-5-8-17;/h17-18H,3-16H2,1-2H3,(H,21,22);1H. The molecule has 1 unspecified atom stereocenters.